The van der Waals surface area contributed by atoms with Gasteiger partial charge in [0.2, 0.25) is 0 Å². The minimum atomic E-state index is -3.61. The highest BCUT2D eigenvalue weighted by atomic mass is 32.2. The molecule has 2 N–H and O–H groups in total. The third-order valence-electron chi connectivity index (χ3n) is 2.04. The topological polar surface area (TPSA) is 78.9 Å². The zero-order valence-electron chi connectivity index (χ0n) is 9.97. The Hall–Kier alpha value is -1.15. The van der Waals surface area contributed by atoms with Crippen LogP contribution in [0.1, 0.15) is 5.56 Å². The maximum atomic E-state index is 11.8. The van der Waals surface area contributed by atoms with Gasteiger partial charge in [0.15, 0.2) is 0 Å². The number of aliphatic hydroxyl groups excluding tert-OH is 1. The SMILES string of the molecule is COc1ccc(S(=O)(=O)NN(C)C)cc1CO. The van der Waals surface area contributed by atoms with Crippen molar-refractivity contribution < 1.29 is 18.3 Å². The maximum Gasteiger partial charge on any atom is 0.253 e. The first-order chi connectivity index (χ1) is 7.90. The number of sulfonamides is 1. The van der Waals surface area contributed by atoms with Crippen LogP contribution in [0.4, 0.5) is 0 Å². The van der Waals surface area contributed by atoms with Gasteiger partial charge >= 0.3 is 0 Å². The number of hydrogen-bond donors (Lipinski definition) is 2. The van der Waals surface area contributed by atoms with Crippen LogP contribution in [-0.4, -0.2) is 39.7 Å². The lowest BCUT2D eigenvalue weighted by Gasteiger charge is -2.14. The summed E-state index contributed by atoms with van der Waals surface area (Å²) in [6, 6.07) is 4.31. The summed E-state index contributed by atoms with van der Waals surface area (Å²) in [5.41, 5.74) is 0.425. The van der Waals surface area contributed by atoms with E-state index in [1.165, 1.54) is 30.3 Å². The molecule has 17 heavy (non-hydrogen) atoms. The van der Waals surface area contributed by atoms with Gasteiger partial charge < -0.3 is 9.84 Å². The normalized spacial score (nSPS) is 11.8. The summed E-state index contributed by atoms with van der Waals surface area (Å²) in [6.45, 7) is -0.283. The summed E-state index contributed by atoms with van der Waals surface area (Å²) < 4.78 is 28.7. The molecule has 0 unspecified atom stereocenters. The lowest BCUT2D eigenvalue weighted by molar-refractivity contribution is 0.273. The van der Waals surface area contributed by atoms with E-state index in [9.17, 15) is 8.42 Å². The fourth-order valence-electron chi connectivity index (χ4n) is 1.34. The molecule has 0 aliphatic carbocycles. The Bertz CT molecular complexity index is 485. The van der Waals surface area contributed by atoms with Gasteiger partial charge in [-0.2, -0.15) is 0 Å². The van der Waals surface area contributed by atoms with Crippen molar-refractivity contribution in [2.45, 2.75) is 11.5 Å². The summed E-state index contributed by atoms with van der Waals surface area (Å²) in [5, 5.41) is 10.4. The van der Waals surface area contributed by atoms with Crippen molar-refractivity contribution in [1.82, 2.24) is 9.84 Å². The van der Waals surface area contributed by atoms with Crippen molar-refractivity contribution >= 4 is 10.0 Å². The first-order valence-corrected chi connectivity index (χ1v) is 6.36. The van der Waals surface area contributed by atoms with E-state index in [0.717, 1.165) is 0 Å². The first kappa shape index (κ1) is 13.9. The average Bonchev–Trinajstić information content (AvgIpc) is 2.26. The van der Waals surface area contributed by atoms with Gasteiger partial charge in [0.25, 0.3) is 10.0 Å². The van der Waals surface area contributed by atoms with Crippen LogP contribution in [-0.2, 0) is 16.6 Å². The van der Waals surface area contributed by atoms with Gasteiger partial charge in [0, 0.05) is 19.7 Å². The molecule has 0 fully saturated rings. The second-order valence-corrected chi connectivity index (χ2v) is 5.28. The van der Waals surface area contributed by atoms with Crippen LogP contribution in [0.3, 0.4) is 0 Å². The molecule has 0 bridgehead atoms. The Labute approximate surface area is 101 Å². The van der Waals surface area contributed by atoms with Gasteiger partial charge in [-0.05, 0) is 18.2 Å². The van der Waals surface area contributed by atoms with Crippen molar-refractivity contribution in [3.8, 4) is 5.75 Å². The largest absolute Gasteiger partial charge is 0.496 e. The van der Waals surface area contributed by atoms with Crippen molar-refractivity contribution in [2.24, 2.45) is 0 Å². The predicted molar refractivity (Wildman–Crippen MR) is 62.9 cm³/mol. The fraction of sp³-hybridized carbons (Fsp3) is 0.400. The van der Waals surface area contributed by atoms with E-state index in [4.69, 9.17) is 9.84 Å². The molecule has 0 aliphatic heterocycles. The molecule has 0 aromatic heterocycles. The lowest BCUT2D eigenvalue weighted by atomic mass is 10.2. The van der Waals surface area contributed by atoms with Crippen molar-refractivity contribution in [2.75, 3.05) is 21.2 Å². The lowest BCUT2D eigenvalue weighted by Crippen LogP contribution is -2.36. The van der Waals surface area contributed by atoms with Crippen LogP contribution in [0.5, 0.6) is 5.75 Å². The monoisotopic (exact) mass is 260 g/mol. The Kier molecular flexibility index (Phi) is 4.47. The molecule has 0 aliphatic rings. The molecule has 96 valence electrons. The molecule has 0 radical (unpaired) electrons. The third kappa shape index (κ3) is 3.40. The maximum absolute atomic E-state index is 11.8. The molecule has 0 saturated carbocycles. The number of benzene rings is 1. The standard InChI is InChI=1S/C10H16N2O4S/c1-12(2)11-17(14,15)9-4-5-10(16-3)8(6-9)7-13/h4-6,11,13H,7H2,1-3H3. The van der Waals surface area contributed by atoms with Crippen LogP contribution < -0.4 is 9.57 Å². The van der Waals surface area contributed by atoms with Gasteiger partial charge in [0.05, 0.1) is 18.6 Å². The molecule has 1 aromatic rings. The zero-order valence-corrected chi connectivity index (χ0v) is 10.8. The second-order valence-electron chi connectivity index (χ2n) is 3.62. The quantitative estimate of drug-likeness (QED) is 0.725. The van der Waals surface area contributed by atoms with Crippen LogP contribution >= 0.6 is 0 Å². The highest BCUT2D eigenvalue weighted by Gasteiger charge is 2.16. The average molecular weight is 260 g/mol. The smallest absolute Gasteiger partial charge is 0.253 e. The van der Waals surface area contributed by atoms with E-state index in [2.05, 4.69) is 4.83 Å². The molecule has 7 heteroatoms. The number of methoxy groups -OCH3 is 1. The summed E-state index contributed by atoms with van der Waals surface area (Å²) >= 11 is 0. The highest BCUT2D eigenvalue weighted by molar-refractivity contribution is 7.89. The third-order valence-corrected chi connectivity index (χ3v) is 3.52. The molecule has 0 amide bonds. The number of nitrogens with zero attached hydrogens (tertiary/aromatic N) is 1. The second kappa shape index (κ2) is 5.46. The minimum absolute atomic E-state index is 0.0797. The molecule has 0 heterocycles. The van der Waals surface area contributed by atoms with E-state index < -0.39 is 10.0 Å². The van der Waals surface area contributed by atoms with E-state index in [0.29, 0.717) is 11.3 Å². The van der Waals surface area contributed by atoms with Gasteiger partial charge in [0.1, 0.15) is 5.75 Å². The van der Waals surface area contributed by atoms with Crippen LogP contribution in [0.2, 0.25) is 0 Å². The summed E-state index contributed by atoms with van der Waals surface area (Å²) in [4.78, 5) is 2.39. The Morgan fingerprint density at radius 1 is 1.41 bits per heavy atom. The predicted octanol–water partition coefficient (Wildman–Crippen LogP) is -0.0576. The van der Waals surface area contributed by atoms with Crippen molar-refractivity contribution in [3.05, 3.63) is 23.8 Å². The molecule has 0 atom stereocenters. The highest BCUT2D eigenvalue weighted by Crippen LogP contribution is 2.22. The summed E-state index contributed by atoms with van der Waals surface area (Å²) in [5.74, 6) is 0.455. The number of rotatable bonds is 5. The molecule has 0 saturated heterocycles. The first-order valence-electron chi connectivity index (χ1n) is 4.88. The Balaban J connectivity index is 3.16. The molecule has 0 spiro atoms. The molecular formula is C10H16N2O4S. The molecule has 6 nitrogen and oxygen atoms in total. The van der Waals surface area contributed by atoms with Gasteiger partial charge in [-0.15, -0.1) is 4.83 Å². The Morgan fingerprint density at radius 3 is 2.53 bits per heavy atom. The van der Waals surface area contributed by atoms with E-state index >= 15 is 0 Å². The van der Waals surface area contributed by atoms with Gasteiger partial charge in [-0.3, -0.25) is 0 Å². The zero-order chi connectivity index (χ0) is 13.1. The van der Waals surface area contributed by atoms with E-state index in [1.54, 1.807) is 14.1 Å². The Morgan fingerprint density at radius 2 is 2.06 bits per heavy atom. The number of aliphatic hydroxyl groups is 1. The van der Waals surface area contributed by atoms with E-state index in [-0.39, 0.29) is 11.5 Å². The number of ether oxygens (including phenoxy) is 1. The minimum Gasteiger partial charge on any atom is -0.496 e. The fourth-order valence-corrected chi connectivity index (χ4v) is 2.47. The molecule has 1 rings (SSSR count). The number of hydrogen-bond acceptors (Lipinski definition) is 5. The van der Waals surface area contributed by atoms with Gasteiger partial charge in [-0.25, -0.2) is 13.4 Å². The number of hydrazine groups is 1. The summed E-state index contributed by atoms with van der Waals surface area (Å²) in [6.07, 6.45) is 0. The van der Waals surface area contributed by atoms with Crippen LogP contribution in [0.25, 0.3) is 0 Å². The van der Waals surface area contributed by atoms with Crippen LogP contribution in [0.15, 0.2) is 23.1 Å². The van der Waals surface area contributed by atoms with Crippen molar-refractivity contribution in [1.29, 1.82) is 0 Å². The molecule has 1 aromatic carbocycles. The van der Waals surface area contributed by atoms with Crippen LogP contribution in [0, 0.1) is 0 Å². The molecular weight excluding hydrogens is 244 g/mol. The number of nitrogens with one attached hydrogen (secondary N) is 1. The van der Waals surface area contributed by atoms with E-state index in [1.807, 2.05) is 0 Å². The summed E-state index contributed by atoms with van der Waals surface area (Å²) in [7, 11) is 1.01. The van der Waals surface area contributed by atoms with Gasteiger partial charge in [-0.1, -0.05) is 0 Å². The van der Waals surface area contributed by atoms with Crippen molar-refractivity contribution in [3.63, 3.8) is 0 Å².